The van der Waals surface area contributed by atoms with Gasteiger partial charge in [0.25, 0.3) is 0 Å². The molecule has 0 unspecified atom stereocenters. The van der Waals surface area contributed by atoms with Crippen molar-refractivity contribution >= 4 is 32.3 Å². The summed E-state index contributed by atoms with van der Waals surface area (Å²) in [6.45, 7) is 0. The van der Waals surface area contributed by atoms with E-state index in [0.717, 1.165) is 27.8 Å². The van der Waals surface area contributed by atoms with Gasteiger partial charge in [0, 0.05) is 16.7 Å². The van der Waals surface area contributed by atoms with Crippen molar-refractivity contribution in [1.82, 2.24) is 15.0 Å². The highest BCUT2D eigenvalue weighted by Crippen LogP contribution is 2.46. The lowest BCUT2D eigenvalue weighted by Crippen LogP contribution is -2.00. The average Bonchev–Trinajstić information content (AvgIpc) is 3.26. The Kier molecular flexibility index (Phi) is 7.81. The van der Waals surface area contributed by atoms with E-state index < -0.39 is 0 Å². The number of hydrogen-bond donors (Lipinski definition) is 0. The normalized spacial score (nSPS) is 11.3. The maximum Gasteiger partial charge on any atom is 0.164 e. The SMILES string of the molecule is c1ccc(-c2ccc(-c3nc(-c4ccccc4)nc(-c4ccc(-c5c6ccccc6c(-c6ccccc6)c6c5ccc5ccccc56)cc4)n3)cc2)cc1. The summed E-state index contributed by atoms with van der Waals surface area (Å²) in [6, 6.07) is 70.6. The molecule has 0 spiro atoms. The Hall–Kier alpha value is -7.23. The molecular formula is C51H33N3. The van der Waals surface area contributed by atoms with Crippen molar-refractivity contribution in [3.05, 3.63) is 200 Å². The smallest absolute Gasteiger partial charge is 0.164 e. The largest absolute Gasteiger partial charge is 0.208 e. The molecule has 1 heterocycles. The zero-order valence-corrected chi connectivity index (χ0v) is 29.4. The van der Waals surface area contributed by atoms with Gasteiger partial charge in [-0.3, -0.25) is 0 Å². The van der Waals surface area contributed by atoms with Crippen LogP contribution in [0.4, 0.5) is 0 Å². The molecule has 3 heteroatoms. The van der Waals surface area contributed by atoms with Gasteiger partial charge in [-0.05, 0) is 65.7 Å². The van der Waals surface area contributed by atoms with Gasteiger partial charge in [0.05, 0.1) is 0 Å². The maximum atomic E-state index is 5.06. The van der Waals surface area contributed by atoms with E-state index >= 15 is 0 Å². The molecule has 0 fully saturated rings. The number of aromatic nitrogens is 3. The van der Waals surface area contributed by atoms with Gasteiger partial charge < -0.3 is 0 Å². The predicted octanol–water partition coefficient (Wildman–Crippen LogP) is 13.3. The molecule has 0 saturated carbocycles. The standard InChI is InChI=1S/C51H33N3/c1-4-14-34(15-5-1)35-24-28-40(29-25-35)50-52-49(39-19-8-3-9-20-39)53-51(54-50)41-30-26-38(27-31-41)46-43-22-12-13-23-44(43)47(37-17-6-2-7-18-37)48-42-21-11-10-16-36(42)32-33-45(46)48/h1-33H. The van der Waals surface area contributed by atoms with E-state index in [0.29, 0.717) is 17.5 Å². The van der Waals surface area contributed by atoms with E-state index in [2.05, 4.69) is 164 Å². The molecule has 9 aromatic carbocycles. The van der Waals surface area contributed by atoms with Crippen molar-refractivity contribution in [2.45, 2.75) is 0 Å². The molecule has 0 aliphatic carbocycles. The van der Waals surface area contributed by atoms with Crippen molar-refractivity contribution in [2.75, 3.05) is 0 Å². The van der Waals surface area contributed by atoms with Gasteiger partial charge in [-0.25, -0.2) is 15.0 Å². The first-order valence-electron chi connectivity index (χ1n) is 18.3. The first kappa shape index (κ1) is 31.5. The highest BCUT2D eigenvalue weighted by Gasteiger charge is 2.19. The zero-order valence-electron chi connectivity index (χ0n) is 29.4. The highest BCUT2D eigenvalue weighted by molar-refractivity contribution is 6.27. The molecule has 0 aliphatic rings. The van der Waals surface area contributed by atoms with Crippen molar-refractivity contribution in [3.63, 3.8) is 0 Å². The summed E-state index contributed by atoms with van der Waals surface area (Å²) in [7, 11) is 0. The van der Waals surface area contributed by atoms with Gasteiger partial charge in [0.15, 0.2) is 17.5 Å². The predicted molar refractivity (Wildman–Crippen MR) is 225 cm³/mol. The first-order chi connectivity index (χ1) is 26.8. The summed E-state index contributed by atoms with van der Waals surface area (Å²) in [5, 5.41) is 7.43. The minimum absolute atomic E-state index is 0.637. The zero-order chi connectivity index (χ0) is 35.8. The van der Waals surface area contributed by atoms with Gasteiger partial charge in [0.1, 0.15) is 0 Å². The van der Waals surface area contributed by atoms with Crippen LogP contribution in [0.25, 0.3) is 99.9 Å². The van der Waals surface area contributed by atoms with Crippen molar-refractivity contribution in [2.24, 2.45) is 0 Å². The van der Waals surface area contributed by atoms with Gasteiger partial charge in [-0.1, -0.05) is 200 Å². The van der Waals surface area contributed by atoms with Crippen LogP contribution < -0.4 is 0 Å². The van der Waals surface area contributed by atoms with Crippen LogP contribution in [-0.2, 0) is 0 Å². The minimum atomic E-state index is 0.637. The van der Waals surface area contributed by atoms with Crippen LogP contribution in [-0.4, -0.2) is 15.0 Å². The van der Waals surface area contributed by atoms with Crippen molar-refractivity contribution < 1.29 is 0 Å². The van der Waals surface area contributed by atoms with E-state index in [-0.39, 0.29) is 0 Å². The fraction of sp³-hybridized carbons (Fsp3) is 0. The summed E-state index contributed by atoms with van der Waals surface area (Å²) in [5.74, 6) is 1.92. The van der Waals surface area contributed by atoms with Crippen LogP contribution in [0.1, 0.15) is 0 Å². The third-order valence-electron chi connectivity index (χ3n) is 10.3. The van der Waals surface area contributed by atoms with Crippen LogP contribution in [0.3, 0.4) is 0 Å². The second-order valence-electron chi connectivity index (χ2n) is 13.6. The Labute approximate surface area is 313 Å². The third kappa shape index (κ3) is 5.60. The molecule has 0 aliphatic heterocycles. The minimum Gasteiger partial charge on any atom is -0.208 e. The molecule has 10 rings (SSSR count). The topological polar surface area (TPSA) is 38.7 Å². The molecule has 0 saturated heterocycles. The monoisotopic (exact) mass is 687 g/mol. The first-order valence-corrected chi connectivity index (χ1v) is 18.3. The van der Waals surface area contributed by atoms with Gasteiger partial charge in [-0.2, -0.15) is 0 Å². The Morgan fingerprint density at radius 3 is 1.17 bits per heavy atom. The maximum absolute atomic E-state index is 5.06. The number of nitrogens with zero attached hydrogens (tertiary/aromatic N) is 3. The lowest BCUT2D eigenvalue weighted by atomic mass is 9.84. The molecule has 0 amide bonds. The molecule has 0 bridgehead atoms. The van der Waals surface area contributed by atoms with Crippen molar-refractivity contribution in [1.29, 1.82) is 0 Å². The molecule has 252 valence electrons. The fourth-order valence-electron chi connectivity index (χ4n) is 7.74. The van der Waals surface area contributed by atoms with Crippen LogP contribution >= 0.6 is 0 Å². The lowest BCUT2D eigenvalue weighted by Gasteiger charge is -2.19. The highest BCUT2D eigenvalue weighted by atomic mass is 15.0. The summed E-state index contributed by atoms with van der Waals surface area (Å²) in [4.78, 5) is 15.1. The van der Waals surface area contributed by atoms with E-state index in [1.54, 1.807) is 0 Å². The number of rotatable bonds is 6. The summed E-state index contributed by atoms with van der Waals surface area (Å²) in [6.07, 6.45) is 0. The molecule has 0 radical (unpaired) electrons. The molecule has 3 nitrogen and oxygen atoms in total. The second-order valence-corrected chi connectivity index (χ2v) is 13.6. The van der Waals surface area contributed by atoms with Crippen LogP contribution in [0.2, 0.25) is 0 Å². The quantitative estimate of drug-likeness (QED) is 0.129. The average molecular weight is 688 g/mol. The Morgan fingerprint density at radius 1 is 0.222 bits per heavy atom. The van der Waals surface area contributed by atoms with Gasteiger partial charge in [0.2, 0.25) is 0 Å². The summed E-state index contributed by atoms with van der Waals surface area (Å²) < 4.78 is 0. The van der Waals surface area contributed by atoms with Gasteiger partial charge >= 0.3 is 0 Å². The van der Waals surface area contributed by atoms with E-state index in [1.165, 1.54) is 54.6 Å². The Bertz CT molecular complexity index is 2940. The Balaban J connectivity index is 1.13. The number of benzene rings is 9. The van der Waals surface area contributed by atoms with E-state index in [4.69, 9.17) is 15.0 Å². The van der Waals surface area contributed by atoms with Crippen LogP contribution in [0.5, 0.6) is 0 Å². The summed E-state index contributed by atoms with van der Waals surface area (Å²) in [5.41, 5.74) is 9.99. The number of hydrogen-bond acceptors (Lipinski definition) is 3. The van der Waals surface area contributed by atoms with Crippen molar-refractivity contribution in [3.8, 4) is 67.5 Å². The molecule has 54 heavy (non-hydrogen) atoms. The molecule has 0 N–H and O–H groups in total. The Morgan fingerprint density at radius 2 is 0.593 bits per heavy atom. The summed E-state index contributed by atoms with van der Waals surface area (Å²) >= 11 is 0. The second kappa shape index (κ2) is 13.4. The molecule has 1 aromatic heterocycles. The molecular weight excluding hydrogens is 655 g/mol. The third-order valence-corrected chi connectivity index (χ3v) is 10.3. The molecule has 0 atom stereocenters. The lowest BCUT2D eigenvalue weighted by molar-refractivity contribution is 1.07. The number of fused-ring (bicyclic) bond motifs is 4. The van der Waals surface area contributed by atoms with Crippen LogP contribution in [0.15, 0.2) is 200 Å². The molecule has 10 aromatic rings. The van der Waals surface area contributed by atoms with E-state index in [1.807, 2.05) is 36.4 Å². The van der Waals surface area contributed by atoms with Gasteiger partial charge in [-0.15, -0.1) is 0 Å². The van der Waals surface area contributed by atoms with E-state index in [9.17, 15) is 0 Å². The fourth-order valence-corrected chi connectivity index (χ4v) is 7.74. The van der Waals surface area contributed by atoms with Crippen LogP contribution in [0, 0.1) is 0 Å².